The molecule has 2 aromatic rings. The lowest BCUT2D eigenvalue weighted by atomic mass is 9.74. The molecule has 0 aliphatic carbocycles. The summed E-state index contributed by atoms with van der Waals surface area (Å²) in [4.78, 5) is 15.6. The number of hydrogen-bond donors (Lipinski definition) is 1. The molecule has 0 unspecified atom stereocenters. The zero-order valence-corrected chi connectivity index (χ0v) is 17.9. The van der Waals surface area contributed by atoms with Gasteiger partial charge in [-0.25, -0.2) is 4.39 Å². The summed E-state index contributed by atoms with van der Waals surface area (Å²) in [5.41, 5.74) is 2.43. The third-order valence-corrected chi connectivity index (χ3v) is 6.38. The first kappa shape index (κ1) is 21.9. The summed E-state index contributed by atoms with van der Waals surface area (Å²) in [6.07, 6.45) is 2.07. The lowest BCUT2D eigenvalue weighted by Crippen LogP contribution is -2.48. The van der Waals surface area contributed by atoms with Crippen molar-refractivity contribution in [1.82, 2.24) is 10.2 Å². The van der Waals surface area contributed by atoms with Crippen molar-refractivity contribution in [3.63, 3.8) is 0 Å². The number of rotatable bonds is 7. The van der Waals surface area contributed by atoms with E-state index in [1.807, 2.05) is 18.2 Å². The van der Waals surface area contributed by atoms with Crippen molar-refractivity contribution in [3.8, 4) is 11.1 Å². The number of halogens is 1. The van der Waals surface area contributed by atoms with Gasteiger partial charge in [0.05, 0.1) is 18.6 Å². The SMILES string of the molecule is O=C(NCCN1CCOCC1)C1(Cc2cccc(-c3cccc(F)c3)c2)CCOCC1. The maximum Gasteiger partial charge on any atom is 0.226 e. The van der Waals surface area contributed by atoms with Crippen molar-refractivity contribution in [2.45, 2.75) is 19.3 Å². The van der Waals surface area contributed by atoms with Gasteiger partial charge in [-0.3, -0.25) is 9.69 Å². The van der Waals surface area contributed by atoms with E-state index in [9.17, 15) is 9.18 Å². The number of ether oxygens (including phenoxy) is 2. The van der Waals surface area contributed by atoms with Crippen molar-refractivity contribution < 1.29 is 18.7 Å². The summed E-state index contributed by atoms with van der Waals surface area (Å²) in [5.74, 6) is -0.135. The predicted octanol–water partition coefficient (Wildman–Crippen LogP) is 3.28. The lowest BCUT2D eigenvalue weighted by molar-refractivity contribution is -0.136. The Morgan fingerprint density at radius 3 is 2.39 bits per heavy atom. The van der Waals surface area contributed by atoms with Crippen molar-refractivity contribution in [3.05, 3.63) is 59.9 Å². The fourth-order valence-electron chi connectivity index (χ4n) is 4.51. The fraction of sp³-hybridized carbons (Fsp3) is 0.480. The zero-order valence-electron chi connectivity index (χ0n) is 17.9. The highest BCUT2D eigenvalue weighted by Crippen LogP contribution is 2.35. The van der Waals surface area contributed by atoms with Crippen LogP contribution in [0.5, 0.6) is 0 Å². The van der Waals surface area contributed by atoms with E-state index in [-0.39, 0.29) is 11.7 Å². The first-order valence-corrected chi connectivity index (χ1v) is 11.2. The molecule has 2 aromatic carbocycles. The molecule has 31 heavy (non-hydrogen) atoms. The summed E-state index contributed by atoms with van der Waals surface area (Å²) >= 11 is 0. The molecule has 4 rings (SSSR count). The van der Waals surface area contributed by atoms with Gasteiger partial charge in [0.25, 0.3) is 0 Å². The van der Waals surface area contributed by atoms with Crippen LogP contribution in [0.1, 0.15) is 18.4 Å². The molecule has 0 atom stereocenters. The zero-order chi connectivity index (χ0) is 21.5. The van der Waals surface area contributed by atoms with E-state index in [4.69, 9.17) is 9.47 Å². The van der Waals surface area contributed by atoms with Crippen LogP contribution in [-0.2, 0) is 20.7 Å². The Morgan fingerprint density at radius 2 is 1.65 bits per heavy atom. The van der Waals surface area contributed by atoms with E-state index in [1.54, 1.807) is 12.1 Å². The number of nitrogens with zero attached hydrogens (tertiary/aromatic N) is 1. The summed E-state index contributed by atoms with van der Waals surface area (Å²) in [6.45, 7) is 6.04. The van der Waals surface area contributed by atoms with E-state index < -0.39 is 5.41 Å². The van der Waals surface area contributed by atoms with Crippen molar-refractivity contribution >= 4 is 5.91 Å². The van der Waals surface area contributed by atoms with Gasteiger partial charge in [-0.05, 0) is 48.1 Å². The van der Waals surface area contributed by atoms with Crippen molar-refractivity contribution in [2.24, 2.45) is 5.41 Å². The second-order valence-corrected chi connectivity index (χ2v) is 8.49. The Kier molecular flexibility index (Phi) is 7.33. The van der Waals surface area contributed by atoms with Crippen LogP contribution in [0, 0.1) is 11.2 Å². The van der Waals surface area contributed by atoms with E-state index in [0.29, 0.717) is 39.0 Å². The molecule has 2 aliphatic heterocycles. The van der Waals surface area contributed by atoms with Crippen LogP contribution >= 0.6 is 0 Å². The maximum atomic E-state index is 13.7. The first-order chi connectivity index (χ1) is 15.1. The number of carbonyl (C=O) groups is 1. The van der Waals surface area contributed by atoms with Crippen molar-refractivity contribution in [1.29, 1.82) is 0 Å². The molecule has 0 saturated carbocycles. The lowest BCUT2D eigenvalue weighted by Gasteiger charge is -2.36. The highest BCUT2D eigenvalue weighted by atomic mass is 19.1. The van der Waals surface area contributed by atoms with Gasteiger partial charge < -0.3 is 14.8 Å². The van der Waals surface area contributed by atoms with Gasteiger partial charge in [0, 0.05) is 39.4 Å². The predicted molar refractivity (Wildman–Crippen MR) is 118 cm³/mol. The average molecular weight is 427 g/mol. The normalized spacial score (nSPS) is 19.1. The van der Waals surface area contributed by atoms with Crippen LogP contribution in [-0.4, -0.2) is 63.4 Å². The van der Waals surface area contributed by atoms with Gasteiger partial charge in [-0.1, -0.05) is 36.4 Å². The highest BCUT2D eigenvalue weighted by Gasteiger charge is 2.40. The minimum absolute atomic E-state index is 0.111. The second-order valence-electron chi connectivity index (χ2n) is 8.49. The molecular formula is C25H31FN2O3. The number of amides is 1. The standard InChI is InChI=1S/C25H31FN2O3/c26-23-6-2-5-22(18-23)21-4-1-3-20(17-21)19-25(7-13-30-14-8-25)24(29)27-9-10-28-11-15-31-16-12-28/h1-6,17-18H,7-16,19H2,(H,27,29). The Labute approximate surface area is 183 Å². The highest BCUT2D eigenvalue weighted by molar-refractivity contribution is 5.83. The molecule has 2 saturated heterocycles. The van der Waals surface area contributed by atoms with Crippen LogP contribution in [0.2, 0.25) is 0 Å². The quantitative estimate of drug-likeness (QED) is 0.738. The summed E-state index contributed by atoms with van der Waals surface area (Å²) < 4.78 is 24.6. The van der Waals surface area contributed by atoms with Gasteiger partial charge in [-0.15, -0.1) is 0 Å². The topological polar surface area (TPSA) is 50.8 Å². The van der Waals surface area contributed by atoms with Gasteiger partial charge >= 0.3 is 0 Å². The van der Waals surface area contributed by atoms with E-state index >= 15 is 0 Å². The van der Waals surface area contributed by atoms with Crippen LogP contribution in [0.3, 0.4) is 0 Å². The molecule has 166 valence electrons. The monoisotopic (exact) mass is 426 g/mol. The van der Waals surface area contributed by atoms with E-state index in [0.717, 1.165) is 49.5 Å². The molecular weight excluding hydrogens is 395 g/mol. The largest absolute Gasteiger partial charge is 0.381 e. The van der Waals surface area contributed by atoms with Crippen molar-refractivity contribution in [2.75, 3.05) is 52.6 Å². The molecule has 0 radical (unpaired) electrons. The molecule has 0 spiro atoms. The number of hydrogen-bond acceptors (Lipinski definition) is 4. The minimum atomic E-state index is -0.468. The molecule has 2 heterocycles. The minimum Gasteiger partial charge on any atom is -0.381 e. The van der Waals surface area contributed by atoms with Crippen LogP contribution in [0.25, 0.3) is 11.1 Å². The molecule has 2 aliphatic rings. The van der Waals surface area contributed by atoms with E-state index in [2.05, 4.69) is 22.3 Å². The Bertz CT molecular complexity index is 877. The van der Waals surface area contributed by atoms with Crippen LogP contribution in [0.15, 0.2) is 48.5 Å². The average Bonchev–Trinajstić information content (AvgIpc) is 2.80. The molecule has 2 fully saturated rings. The number of nitrogens with one attached hydrogen (secondary N) is 1. The number of benzene rings is 2. The van der Waals surface area contributed by atoms with E-state index in [1.165, 1.54) is 6.07 Å². The summed E-state index contributed by atoms with van der Waals surface area (Å²) in [5, 5.41) is 3.19. The summed E-state index contributed by atoms with van der Waals surface area (Å²) in [6, 6.07) is 14.7. The molecule has 0 bridgehead atoms. The molecule has 1 amide bonds. The summed E-state index contributed by atoms with van der Waals surface area (Å²) in [7, 11) is 0. The van der Waals surface area contributed by atoms with Crippen LogP contribution < -0.4 is 5.32 Å². The molecule has 5 nitrogen and oxygen atoms in total. The third-order valence-electron chi connectivity index (χ3n) is 6.38. The van der Waals surface area contributed by atoms with Gasteiger partial charge in [-0.2, -0.15) is 0 Å². The Balaban J connectivity index is 1.45. The number of carbonyl (C=O) groups excluding carboxylic acids is 1. The fourth-order valence-corrected chi connectivity index (χ4v) is 4.51. The van der Waals surface area contributed by atoms with Crippen LogP contribution in [0.4, 0.5) is 4.39 Å². The molecule has 0 aromatic heterocycles. The Morgan fingerprint density at radius 1 is 0.968 bits per heavy atom. The second kappa shape index (κ2) is 10.4. The number of morpholine rings is 1. The smallest absolute Gasteiger partial charge is 0.226 e. The van der Waals surface area contributed by atoms with Gasteiger partial charge in [0.2, 0.25) is 5.91 Å². The van der Waals surface area contributed by atoms with Gasteiger partial charge in [0.1, 0.15) is 5.82 Å². The molecule has 6 heteroatoms. The van der Waals surface area contributed by atoms with Gasteiger partial charge in [0.15, 0.2) is 0 Å². The Hall–Kier alpha value is -2.28. The maximum absolute atomic E-state index is 13.7. The molecule has 1 N–H and O–H groups in total. The first-order valence-electron chi connectivity index (χ1n) is 11.2. The third kappa shape index (κ3) is 5.70.